The monoisotopic (exact) mass is 228 g/mol. The predicted molar refractivity (Wildman–Crippen MR) is 59.7 cm³/mol. The second kappa shape index (κ2) is 4.43. The Morgan fingerprint density at radius 1 is 1.69 bits per heavy atom. The fourth-order valence-corrected chi connectivity index (χ4v) is 1.25. The van der Waals surface area contributed by atoms with E-state index < -0.39 is 25.3 Å². The molecule has 0 bridgehead atoms. The molecule has 1 fully saturated rings. The van der Waals surface area contributed by atoms with E-state index in [2.05, 4.69) is 4.74 Å². The number of benzene rings is 1. The SMILES string of the molecule is [2H]c1c(C)c([2H])c(OCC2([2H])OC(=O)N([2H])C2([2H])[2H])c([2H])c1C. The molecule has 1 saturated heterocycles. The van der Waals surface area contributed by atoms with Crippen LogP contribution in [0.15, 0.2) is 18.1 Å². The maximum Gasteiger partial charge on any atom is 0.407 e. The van der Waals surface area contributed by atoms with Crippen LogP contribution in [0.25, 0.3) is 0 Å². The molecule has 1 unspecified atom stereocenters. The normalized spacial score (nSPS) is 33.8. The van der Waals surface area contributed by atoms with Crippen molar-refractivity contribution in [2.75, 3.05) is 13.1 Å². The van der Waals surface area contributed by atoms with Gasteiger partial charge in [0.1, 0.15) is 12.4 Å². The highest BCUT2D eigenvalue weighted by Gasteiger charge is 2.22. The van der Waals surface area contributed by atoms with Crippen molar-refractivity contribution in [3.05, 3.63) is 29.3 Å². The first-order valence-corrected chi connectivity index (χ1v) is 4.66. The Bertz CT molecular complexity index is 652. The molecule has 0 spiro atoms. The zero-order chi connectivity index (χ0) is 17.7. The zero-order valence-electron chi connectivity index (χ0n) is 15.9. The topological polar surface area (TPSA) is 47.6 Å². The lowest BCUT2D eigenvalue weighted by Crippen LogP contribution is -2.21. The van der Waals surface area contributed by atoms with Gasteiger partial charge in [-0.1, -0.05) is 6.04 Å². The van der Waals surface area contributed by atoms with Gasteiger partial charge in [-0.05, 0) is 37.1 Å². The molecule has 1 amide bonds. The number of hydrogen-bond donors (Lipinski definition) is 1. The quantitative estimate of drug-likeness (QED) is 0.858. The first kappa shape index (κ1) is 5.08. The fraction of sp³-hybridized carbons (Fsp3) is 0.417. The van der Waals surface area contributed by atoms with Crippen LogP contribution in [0.5, 0.6) is 5.75 Å². The molecule has 1 N–H and O–H groups in total. The van der Waals surface area contributed by atoms with Crippen molar-refractivity contribution in [1.82, 2.24) is 5.31 Å². The number of alkyl carbamates (subject to hydrolysis) is 1. The van der Waals surface area contributed by atoms with Crippen molar-refractivity contribution in [3.63, 3.8) is 0 Å². The Labute approximate surface area is 104 Å². The number of ether oxygens (including phenoxy) is 2. The van der Waals surface area contributed by atoms with Gasteiger partial charge in [-0.25, -0.2) is 4.79 Å². The third-order valence-electron chi connectivity index (χ3n) is 1.81. The highest BCUT2D eigenvalue weighted by molar-refractivity contribution is 5.69. The van der Waals surface area contributed by atoms with Crippen LogP contribution in [0.4, 0.5) is 4.79 Å². The summed E-state index contributed by atoms with van der Waals surface area (Å²) >= 11 is 0. The molecule has 1 aromatic carbocycles. The van der Waals surface area contributed by atoms with Gasteiger partial charge < -0.3 is 14.8 Å². The molecule has 1 aromatic rings. The minimum Gasteiger partial charge on any atom is -0.490 e. The van der Waals surface area contributed by atoms with E-state index in [1.54, 1.807) is 0 Å². The molecule has 0 radical (unpaired) electrons. The van der Waals surface area contributed by atoms with Gasteiger partial charge in [-0.2, -0.15) is 0 Å². The van der Waals surface area contributed by atoms with Gasteiger partial charge in [0, 0.05) is 0 Å². The molecule has 0 aliphatic carbocycles. The minimum atomic E-state index is -2.76. The number of carbonyl (C=O) groups excluding carboxylic acids is 1. The number of cyclic esters (lactones) is 1. The van der Waals surface area contributed by atoms with Crippen LogP contribution >= 0.6 is 0 Å². The van der Waals surface area contributed by atoms with E-state index in [9.17, 15) is 4.79 Å². The van der Waals surface area contributed by atoms with Crippen LogP contribution in [0.1, 0.15) is 19.4 Å². The summed E-state index contributed by atoms with van der Waals surface area (Å²) in [6.07, 6.45) is -3.83. The molecule has 0 aromatic heterocycles. The van der Waals surface area contributed by atoms with E-state index in [4.69, 9.17) is 14.4 Å². The van der Waals surface area contributed by atoms with Gasteiger partial charge in [0.2, 0.25) is 0 Å². The molecule has 2 rings (SSSR count). The third-order valence-corrected chi connectivity index (χ3v) is 1.81. The maximum absolute atomic E-state index is 11.3. The summed E-state index contributed by atoms with van der Waals surface area (Å²) in [5.74, 6) is -0.224. The molecule has 1 atom stereocenters. The van der Waals surface area contributed by atoms with Crippen LogP contribution in [0.2, 0.25) is 1.41 Å². The average Bonchev–Trinajstić information content (AvgIpc) is 2.63. The summed E-state index contributed by atoms with van der Waals surface area (Å²) in [5.41, 5.74) is 0.558. The average molecular weight is 228 g/mol. The molecule has 16 heavy (non-hydrogen) atoms. The minimum absolute atomic E-state index is 0.0351. The number of amides is 1. The van der Waals surface area contributed by atoms with Gasteiger partial charge in [0.05, 0.1) is 14.7 Å². The fourth-order valence-electron chi connectivity index (χ4n) is 1.25. The van der Waals surface area contributed by atoms with Gasteiger partial charge in [-0.15, -0.1) is 0 Å². The Morgan fingerprint density at radius 2 is 2.38 bits per heavy atom. The maximum atomic E-state index is 11.3. The number of rotatable bonds is 3. The van der Waals surface area contributed by atoms with Crippen LogP contribution in [0, 0.1) is 13.8 Å². The van der Waals surface area contributed by atoms with E-state index in [1.807, 2.05) is 0 Å². The number of nitrogens with one attached hydrogen (secondary N) is 1. The van der Waals surface area contributed by atoms with Crippen molar-refractivity contribution >= 4 is 6.09 Å². The van der Waals surface area contributed by atoms with Crippen LogP contribution in [-0.4, -0.2) is 25.3 Å². The van der Waals surface area contributed by atoms with Gasteiger partial charge in [0.15, 0.2) is 7.49 Å². The van der Waals surface area contributed by atoms with Crippen molar-refractivity contribution in [3.8, 4) is 5.75 Å². The lowest BCUT2D eigenvalue weighted by Gasteiger charge is -2.11. The van der Waals surface area contributed by atoms with Crippen molar-refractivity contribution in [1.29, 1.82) is 0 Å². The van der Waals surface area contributed by atoms with E-state index in [-0.39, 0.29) is 40.3 Å². The highest BCUT2D eigenvalue weighted by Crippen LogP contribution is 2.16. The second-order valence-electron chi connectivity index (χ2n) is 3.26. The molecule has 1 aliphatic heterocycles. The number of carbonyl (C=O) groups is 1. The second-order valence-corrected chi connectivity index (χ2v) is 3.26. The van der Waals surface area contributed by atoms with Crippen LogP contribution < -0.4 is 10.0 Å². The molecular weight excluding hydrogens is 206 g/mol. The lowest BCUT2D eigenvalue weighted by molar-refractivity contribution is 0.105. The summed E-state index contributed by atoms with van der Waals surface area (Å²) < 4.78 is 63.9. The van der Waals surface area contributed by atoms with Crippen LogP contribution in [-0.2, 0) is 4.74 Å². The van der Waals surface area contributed by atoms with Crippen molar-refractivity contribution in [2.45, 2.75) is 19.9 Å². The third kappa shape index (κ3) is 2.66. The van der Waals surface area contributed by atoms with E-state index in [0.29, 0.717) is 0 Å². The summed E-state index contributed by atoms with van der Waals surface area (Å²) in [5, 5.41) is -0.0873. The predicted octanol–water partition coefficient (Wildman–Crippen LogP) is 1.79. The largest absolute Gasteiger partial charge is 0.490 e. The lowest BCUT2D eigenvalue weighted by atomic mass is 10.1. The Hall–Kier alpha value is -1.71. The summed E-state index contributed by atoms with van der Waals surface area (Å²) in [6, 6.07) is -0.406. The molecule has 1 heterocycles. The van der Waals surface area contributed by atoms with E-state index in [0.717, 1.165) is 0 Å². The summed E-state index contributed by atoms with van der Waals surface area (Å²) in [7, 11) is 0. The molecule has 4 nitrogen and oxygen atoms in total. The van der Waals surface area contributed by atoms with Crippen LogP contribution in [0.3, 0.4) is 0 Å². The zero-order valence-corrected chi connectivity index (χ0v) is 8.88. The molecule has 1 aliphatic rings. The molecular formula is C12H15NO3. The molecule has 0 saturated carbocycles. The van der Waals surface area contributed by atoms with Crippen molar-refractivity contribution < 1.29 is 23.9 Å². The molecule has 86 valence electrons. The van der Waals surface area contributed by atoms with E-state index in [1.165, 1.54) is 13.8 Å². The number of hydrogen-bond acceptors (Lipinski definition) is 3. The van der Waals surface area contributed by atoms with Gasteiger partial charge in [0.25, 0.3) is 0 Å². The highest BCUT2D eigenvalue weighted by atomic mass is 16.6. The summed E-state index contributed by atoms with van der Waals surface area (Å²) in [6.45, 7) is -0.523. The van der Waals surface area contributed by atoms with Gasteiger partial charge >= 0.3 is 6.09 Å². The van der Waals surface area contributed by atoms with Crippen molar-refractivity contribution in [2.24, 2.45) is 0 Å². The Morgan fingerprint density at radius 3 is 2.94 bits per heavy atom. The first-order valence-electron chi connectivity index (χ1n) is 8.10. The van der Waals surface area contributed by atoms with E-state index >= 15 is 0 Å². The molecule has 4 heteroatoms. The van der Waals surface area contributed by atoms with Gasteiger partial charge in [-0.3, -0.25) is 0 Å². The summed E-state index contributed by atoms with van der Waals surface area (Å²) in [4.78, 5) is 11.3. The Balaban J connectivity index is 2.34. The Kier molecular flexibility index (Phi) is 1.41. The standard InChI is InChI=1S/C12H15NO3/c1-8-3-9(2)5-10(4-8)15-7-11-6-13-12(14)16-11/h3-5,11H,6-7H2,1-2H3,(H,13,14)/i3D,4D,5D,6D2,11D/hD. The first-order chi connectivity index (χ1) is 10.4. The smallest absolute Gasteiger partial charge is 0.407 e.